The zero-order valence-electron chi connectivity index (χ0n) is 10.9. The average Bonchev–Trinajstić information content (AvgIpc) is 2.81. The van der Waals surface area contributed by atoms with Crippen molar-refractivity contribution in [2.45, 2.75) is 13.3 Å². The van der Waals surface area contributed by atoms with Crippen molar-refractivity contribution in [3.8, 4) is 0 Å². The summed E-state index contributed by atoms with van der Waals surface area (Å²) in [7, 11) is 1.95. The second-order valence-electron chi connectivity index (χ2n) is 4.93. The molecule has 0 saturated carbocycles. The highest BCUT2D eigenvalue weighted by Gasteiger charge is 2.26. The molecule has 98 valence electrons. The first-order chi connectivity index (χ1) is 8.61. The van der Waals surface area contributed by atoms with Gasteiger partial charge < -0.3 is 10.2 Å². The van der Waals surface area contributed by atoms with Gasteiger partial charge in [-0.25, -0.2) is 0 Å². The van der Waals surface area contributed by atoms with Crippen LogP contribution in [0.5, 0.6) is 0 Å². The number of rotatable bonds is 3. The van der Waals surface area contributed by atoms with Crippen LogP contribution in [0.1, 0.15) is 22.3 Å². The normalized spacial score (nSPS) is 19.3. The third-order valence-electron chi connectivity index (χ3n) is 3.47. The first kappa shape index (κ1) is 13.4. The molecule has 3 nitrogen and oxygen atoms in total. The zero-order valence-corrected chi connectivity index (χ0v) is 11.6. The van der Waals surface area contributed by atoms with E-state index in [1.54, 1.807) is 6.07 Å². The predicted molar refractivity (Wildman–Crippen MR) is 74.1 cm³/mol. The largest absolute Gasteiger partial charge is 0.338 e. The number of carbonyl (C=O) groups excluding carboxylic acids is 1. The minimum atomic E-state index is 0.119. The lowest BCUT2D eigenvalue weighted by atomic mass is 10.1. The van der Waals surface area contributed by atoms with Gasteiger partial charge in [0.2, 0.25) is 0 Å². The smallest absolute Gasteiger partial charge is 0.253 e. The van der Waals surface area contributed by atoms with Gasteiger partial charge in [0.1, 0.15) is 0 Å². The Labute approximate surface area is 113 Å². The number of benzene rings is 1. The van der Waals surface area contributed by atoms with Gasteiger partial charge in [0.15, 0.2) is 0 Å². The molecule has 1 aromatic carbocycles. The van der Waals surface area contributed by atoms with E-state index < -0.39 is 0 Å². The van der Waals surface area contributed by atoms with Crippen molar-refractivity contribution < 1.29 is 4.79 Å². The summed E-state index contributed by atoms with van der Waals surface area (Å²) >= 11 is 5.98. The van der Waals surface area contributed by atoms with Gasteiger partial charge in [-0.1, -0.05) is 11.6 Å². The van der Waals surface area contributed by atoms with Crippen molar-refractivity contribution >= 4 is 17.5 Å². The number of halogens is 1. The Morgan fingerprint density at radius 2 is 2.33 bits per heavy atom. The van der Waals surface area contributed by atoms with Crippen molar-refractivity contribution in [3.63, 3.8) is 0 Å². The van der Waals surface area contributed by atoms with E-state index in [0.29, 0.717) is 10.9 Å². The molecule has 1 amide bonds. The van der Waals surface area contributed by atoms with Crippen LogP contribution in [-0.4, -0.2) is 37.5 Å². The van der Waals surface area contributed by atoms with Crippen LogP contribution in [0, 0.1) is 12.8 Å². The van der Waals surface area contributed by atoms with Crippen LogP contribution in [0.2, 0.25) is 5.02 Å². The molecule has 1 fully saturated rings. The highest BCUT2D eigenvalue weighted by Crippen LogP contribution is 2.21. The minimum Gasteiger partial charge on any atom is -0.338 e. The lowest BCUT2D eigenvalue weighted by Crippen LogP contribution is -2.30. The van der Waals surface area contributed by atoms with Crippen LogP contribution < -0.4 is 5.32 Å². The monoisotopic (exact) mass is 266 g/mol. The van der Waals surface area contributed by atoms with Gasteiger partial charge in [-0.05, 0) is 56.6 Å². The van der Waals surface area contributed by atoms with Crippen LogP contribution in [0.15, 0.2) is 18.2 Å². The number of hydrogen-bond donors (Lipinski definition) is 1. The van der Waals surface area contributed by atoms with E-state index in [-0.39, 0.29) is 5.91 Å². The van der Waals surface area contributed by atoms with E-state index in [1.165, 1.54) is 0 Å². The Hall–Kier alpha value is -1.06. The summed E-state index contributed by atoms with van der Waals surface area (Å²) in [5.74, 6) is 0.695. The summed E-state index contributed by atoms with van der Waals surface area (Å²) in [6, 6.07) is 5.48. The number of hydrogen-bond acceptors (Lipinski definition) is 2. The molecule has 0 aromatic heterocycles. The summed E-state index contributed by atoms with van der Waals surface area (Å²) in [6.07, 6.45) is 1.08. The molecule has 1 aliphatic rings. The fourth-order valence-corrected chi connectivity index (χ4v) is 2.55. The summed E-state index contributed by atoms with van der Waals surface area (Å²) in [4.78, 5) is 14.3. The van der Waals surface area contributed by atoms with Gasteiger partial charge in [0.05, 0.1) is 0 Å². The second-order valence-corrected chi connectivity index (χ2v) is 5.33. The molecule has 18 heavy (non-hydrogen) atoms. The number of carbonyl (C=O) groups is 1. The fraction of sp³-hybridized carbons (Fsp3) is 0.500. The van der Waals surface area contributed by atoms with Crippen LogP contribution in [0.4, 0.5) is 0 Å². The van der Waals surface area contributed by atoms with E-state index in [0.717, 1.165) is 37.2 Å². The van der Waals surface area contributed by atoms with Crippen LogP contribution in [0.3, 0.4) is 0 Å². The maximum Gasteiger partial charge on any atom is 0.253 e. The Kier molecular flexibility index (Phi) is 4.25. The summed E-state index contributed by atoms with van der Waals surface area (Å²) in [5, 5.41) is 3.88. The molecule has 4 heteroatoms. The Bertz CT molecular complexity index is 447. The fourth-order valence-electron chi connectivity index (χ4n) is 2.43. The van der Waals surface area contributed by atoms with Crippen molar-refractivity contribution in [2.75, 3.05) is 26.7 Å². The summed E-state index contributed by atoms with van der Waals surface area (Å²) < 4.78 is 0. The number of nitrogens with zero attached hydrogens (tertiary/aromatic N) is 1. The molecule has 0 bridgehead atoms. The highest BCUT2D eigenvalue weighted by atomic mass is 35.5. The quantitative estimate of drug-likeness (QED) is 0.911. The number of amides is 1. The minimum absolute atomic E-state index is 0.119. The standard InChI is InChI=1S/C14H19ClN2O/c1-10-7-12(3-4-13(10)15)14(18)17-6-5-11(9-17)8-16-2/h3-4,7,11,16H,5-6,8-9H2,1-2H3/t11-/m1/s1. The molecule has 1 heterocycles. The average molecular weight is 267 g/mol. The van der Waals surface area contributed by atoms with E-state index in [2.05, 4.69) is 5.32 Å². The third kappa shape index (κ3) is 2.85. The molecule has 1 saturated heterocycles. The topological polar surface area (TPSA) is 32.3 Å². The predicted octanol–water partition coefficient (Wildman–Crippen LogP) is 2.33. The van der Waals surface area contributed by atoms with Gasteiger partial charge in [-0.2, -0.15) is 0 Å². The number of aryl methyl sites for hydroxylation is 1. The molecule has 0 aliphatic carbocycles. The van der Waals surface area contributed by atoms with Crippen LogP contribution in [-0.2, 0) is 0 Å². The van der Waals surface area contributed by atoms with E-state index in [1.807, 2.05) is 31.0 Å². The Balaban J connectivity index is 2.05. The molecule has 1 N–H and O–H groups in total. The van der Waals surface area contributed by atoms with Gasteiger partial charge in [-0.3, -0.25) is 4.79 Å². The van der Waals surface area contributed by atoms with Crippen molar-refractivity contribution in [1.29, 1.82) is 0 Å². The second kappa shape index (κ2) is 5.72. The SMILES string of the molecule is CNC[C@H]1CCN(C(=O)c2ccc(Cl)c(C)c2)C1. The van der Waals surface area contributed by atoms with Gasteiger partial charge in [0, 0.05) is 23.7 Å². The highest BCUT2D eigenvalue weighted by molar-refractivity contribution is 6.31. The first-order valence-corrected chi connectivity index (χ1v) is 6.69. The molecule has 2 rings (SSSR count). The summed E-state index contributed by atoms with van der Waals surface area (Å²) in [5.41, 5.74) is 1.69. The molecule has 0 spiro atoms. The molecule has 1 aromatic rings. The number of likely N-dealkylation sites (tertiary alicyclic amines) is 1. The first-order valence-electron chi connectivity index (χ1n) is 6.32. The van der Waals surface area contributed by atoms with Crippen molar-refractivity contribution in [2.24, 2.45) is 5.92 Å². The van der Waals surface area contributed by atoms with E-state index in [4.69, 9.17) is 11.6 Å². The van der Waals surface area contributed by atoms with E-state index >= 15 is 0 Å². The Morgan fingerprint density at radius 3 is 3.00 bits per heavy atom. The van der Waals surface area contributed by atoms with Crippen LogP contribution >= 0.6 is 11.6 Å². The molecule has 0 unspecified atom stereocenters. The number of nitrogens with one attached hydrogen (secondary N) is 1. The lowest BCUT2D eigenvalue weighted by molar-refractivity contribution is 0.0787. The van der Waals surface area contributed by atoms with Crippen LogP contribution in [0.25, 0.3) is 0 Å². The molecule has 1 atom stereocenters. The van der Waals surface area contributed by atoms with Crippen molar-refractivity contribution in [3.05, 3.63) is 34.3 Å². The van der Waals surface area contributed by atoms with Gasteiger partial charge in [-0.15, -0.1) is 0 Å². The molecular formula is C14H19ClN2O. The van der Waals surface area contributed by atoms with Gasteiger partial charge >= 0.3 is 0 Å². The zero-order chi connectivity index (χ0) is 13.1. The molecular weight excluding hydrogens is 248 g/mol. The van der Waals surface area contributed by atoms with E-state index in [9.17, 15) is 4.79 Å². The molecule has 1 aliphatic heterocycles. The lowest BCUT2D eigenvalue weighted by Gasteiger charge is -2.17. The third-order valence-corrected chi connectivity index (χ3v) is 3.89. The van der Waals surface area contributed by atoms with Gasteiger partial charge in [0.25, 0.3) is 5.91 Å². The maximum absolute atomic E-state index is 12.3. The van der Waals surface area contributed by atoms with Crippen molar-refractivity contribution in [1.82, 2.24) is 10.2 Å². The Morgan fingerprint density at radius 1 is 1.56 bits per heavy atom. The maximum atomic E-state index is 12.3. The summed E-state index contributed by atoms with van der Waals surface area (Å²) in [6.45, 7) is 4.60. The molecule has 0 radical (unpaired) electrons.